The maximum Gasteiger partial charge on any atom is 0.320 e. The van der Waals surface area contributed by atoms with Crippen molar-refractivity contribution in [2.24, 2.45) is 0 Å². The van der Waals surface area contributed by atoms with Crippen molar-refractivity contribution in [1.82, 2.24) is 5.32 Å². The lowest BCUT2D eigenvalue weighted by Gasteiger charge is -2.28. The number of carbonyl (C=O) groups is 1. The molecule has 1 rings (SSSR count). The number of esters is 1. The molecule has 0 unspecified atom stereocenters. The monoisotopic (exact) mass is 245 g/mol. The van der Waals surface area contributed by atoms with Crippen LogP contribution in [0.5, 0.6) is 0 Å². The Morgan fingerprint density at radius 1 is 1.47 bits per heavy atom. The number of rotatable bonds is 4. The van der Waals surface area contributed by atoms with Crippen LogP contribution >= 0.6 is 0 Å². The van der Waals surface area contributed by atoms with E-state index in [1.807, 2.05) is 20.8 Å². The van der Waals surface area contributed by atoms with Gasteiger partial charge in [-0.3, -0.25) is 4.79 Å². The number of aliphatic hydroxyl groups excluding tert-OH is 1. The van der Waals surface area contributed by atoms with Gasteiger partial charge in [0.1, 0.15) is 5.60 Å². The molecule has 0 aromatic rings. The maximum atomic E-state index is 11.5. The number of carbonyl (C=O) groups excluding carboxylic acids is 1. The molecule has 0 amide bonds. The summed E-state index contributed by atoms with van der Waals surface area (Å²) in [5.74, 6) is -0.248. The zero-order valence-electron chi connectivity index (χ0n) is 10.9. The molecule has 0 saturated carbocycles. The van der Waals surface area contributed by atoms with Gasteiger partial charge in [0.15, 0.2) is 0 Å². The van der Waals surface area contributed by atoms with Crippen molar-refractivity contribution >= 4 is 5.97 Å². The third-order valence-corrected chi connectivity index (χ3v) is 2.53. The van der Waals surface area contributed by atoms with Gasteiger partial charge in [0.25, 0.3) is 0 Å². The van der Waals surface area contributed by atoms with Crippen LogP contribution in [0.1, 0.15) is 33.6 Å². The third kappa shape index (κ3) is 6.00. The van der Waals surface area contributed by atoms with Crippen molar-refractivity contribution in [2.75, 3.05) is 19.8 Å². The summed E-state index contributed by atoms with van der Waals surface area (Å²) in [6.45, 7) is 6.35. The predicted octanol–water partition coefficient (Wildman–Crippen LogP) is 0.458. The lowest BCUT2D eigenvalue weighted by Crippen LogP contribution is -2.43. The van der Waals surface area contributed by atoms with Gasteiger partial charge in [-0.25, -0.2) is 0 Å². The largest absolute Gasteiger partial charge is 0.459 e. The Morgan fingerprint density at radius 3 is 2.65 bits per heavy atom. The Hall–Kier alpha value is -0.650. The summed E-state index contributed by atoms with van der Waals surface area (Å²) in [6.07, 6.45) is 1.69. The predicted molar refractivity (Wildman–Crippen MR) is 63.7 cm³/mol. The first-order valence-corrected chi connectivity index (χ1v) is 6.08. The van der Waals surface area contributed by atoms with Gasteiger partial charge in [0.05, 0.1) is 25.9 Å². The minimum Gasteiger partial charge on any atom is -0.459 e. The Morgan fingerprint density at radius 2 is 2.18 bits per heavy atom. The second-order valence-corrected chi connectivity index (χ2v) is 5.38. The fraction of sp³-hybridized carbons (Fsp3) is 0.917. The molecule has 0 aliphatic carbocycles. The van der Waals surface area contributed by atoms with Crippen LogP contribution in [0, 0.1) is 0 Å². The highest BCUT2D eigenvalue weighted by Gasteiger charge is 2.22. The van der Waals surface area contributed by atoms with E-state index in [0.29, 0.717) is 6.61 Å². The second-order valence-electron chi connectivity index (χ2n) is 5.38. The van der Waals surface area contributed by atoms with Crippen molar-refractivity contribution in [3.8, 4) is 0 Å². The van der Waals surface area contributed by atoms with E-state index in [1.165, 1.54) is 0 Å². The van der Waals surface area contributed by atoms with E-state index in [2.05, 4.69) is 5.32 Å². The van der Waals surface area contributed by atoms with E-state index in [4.69, 9.17) is 14.6 Å². The molecule has 1 heterocycles. The zero-order chi connectivity index (χ0) is 12.9. The molecule has 0 aromatic carbocycles. The first kappa shape index (κ1) is 14.4. The van der Waals surface area contributed by atoms with Crippen LogP contribution in [0.15, 0.2) is 0 Å². The molecule has 5 heteroatoms. The minimum absolute atomic E-state index is 0.0467. The molecule has 100 valence electrons. The summed E-state index contributed by atoms with van der Waals surface area (Å²) >= 11 is 0. The molecule has 2 N–H and O–H groups in total. The molecule has 1 aliphatic heterocycles. The highest BCUT2D eigenvalue weighted by Crippen LogP contribution is 2.13. The van der Waals surface area contributed by atoms with Gasteiger partial charge < -0.3 is 19.9 Å². The van der Waals surface area contributed by atoms with Crippen molar-refractivity contribution in [1.29, 1.82) is 0 Å². The highest BCUT2D eigenvalue weighted by atomic mass is 16.6. The quantitative estimate of drug-likeness (QED) is 0.704. The standard InChI is InChI=1S/C12H23NO4/c1-12(2,3)17-11(15)6-13-9-4-5-10(7-14)16-8-9/h9-10,13-14H,4-8H2,1-3H3/t9-,10+/m1/s1. The van der Waals surface area contributed by atoms with Crippen molar-refractivity contribution in [3.05, 3.63) is 0 Å². The van der Waals surface area contributed by atoms with E-state index < -0.39 is 5.60 Å². The molecule has 2 atom stereocenters. The minimum atomic E-state index is -0.441. The average molecular weight is 245 g/mol. The normalized spacial score (nSPS) is 25.6. The Balaban J connectivity index is 2.17. The van der Waals surface area contributed by atoms with E-state index in [0.717, 1.165) is 12.8 Å². The van der Waals surface area contributed by atoms with Gasteiger partial charge in [-0.15, -0.1) is 0 Å². The van der Waals surface area contributed by atoms with E-state index >= 15 is 0 Å². The molecule has 1 aliphatic rings. The van der Waals surface area contributed by atoms with Gasteiger partial charge in [0, 0.05) is 6.04 Å². The van der Waals surface area contributed by atoms with Crippen LogP contribution in [-0.2, 0) is 14.3 Å². The number of aliphatic hydroxyl groups is 1. The highest BCUT2D eigenvalue weighted by molar-refractivity contribution is 5.72. The van der Waals surface area contributed by atoms with Crippen molar-refractivity contribution in [3.63, 3.8) is 0 Å². The number of nitrogens with one attached hydrogen (secondary N) is 1. The molecule has 0 radical (unpaired) electrons. The molecule has 17 heavy (non-hydrogen) atoms. The summed E-state index contributed by atoms with van der Waals surface area (Å²) in [6, 6.07) is 0.172. The van der Waals surface area contributed by atoms with Crippen LogP contribution < -0.4 is 5.32 Å². The smallest absolute Gasteiger partial charge is 0.320 e. The number of ether oxygens (including phenoxy) is 2. The van der Waals surface area contributed by atoms with Gasteiger partial charge in [-0.1, -0.05) is 0 Å². The van der Waals surface area contributed by atoms with Crippen molar-refractivity contribution < 1.29 is 19.4 Å². The Labute approximate surface area is 102 Å². The summed E-state index contributed by atoms with van der Waals surface area (Å²) in [4.78, 5) is 11.5. The lowest BCUT2D eigenvalue weighted by atomic mass is 10.1. The van der Waals surface area contributed by atoms with Crippen LogP contribution in [0.2, 0.25) is 0 Å². The van der Waals surface area contributed by atoms with E-state index in [1.54, 1.807) is 0 Å². The molecule has 5 nitrogen and oxygen atoms in total. The van der Waals surface area contributed by atoms with E-state index in [9.17, 15) is 4.79 Å². The van der Waals surface area contributed by atoms with E-state index in [-0.39, 0.29) is 31.3 Å². The Bertz CT molecular complexity index is 241. The molecule has 1 fully saturated rings. The summed E-state index contributed by atoms with van der Waals surface area (Å²) in [7, 11) is 0. The van der Waals surface area contributed by atoms with Gasteiger partial charge in [-0.2, -0.15) is 0 Å². The Kier molecular flexibility index (Phi) is 5.36. The first-order chi connectivity index (χ1) is 7.90. The molecular formula is C12H23NO4. The fourth-order valence-corrected chi connectivity index (χ4v) is 1.72. The second kappa shape index (κ2) is 6.33. The zero-order valence-corrected chi connectivity index (χ0v) is 10.9. The average Bonchev–Trinajstić information content (AvgIpc) is 2.25. The van der Waals surface area contributed by atoms with Gasteiger partial charge in [0.2, 0.25) is 0 Å². The fourth-order valence-electron chi connectivity index (χ4n) is 1.72. The van der Waals surface area contributed by atoms with Gasteiger partial charge in [-0.05, 0) is 33.6 Å². The topological polar surface area (TPSA) is 67.8 Å². The first-order valence-electron chi connectivity index (χ1n) is 6.08. The number of hydrogen-bond acceptors (Lipinski definition) is 5. The molecule has 1 saturated heterocycles. The van der Waals surface area contributed by atoms with Crippen LogP contribution in [0.3, 0.4) is 0 Å². The summed E-state index contributed by atoms with van der Waals surface area (Å²) in [5, 5.41) is 12.0. The van der Waals surface area contributed by atoms with Crippen LogP contribution in [0.4, 0.5) is 0 Å². The summed E-state index contributed by atoms with van der Waals surface area (Å²) < 4.78 is 10.6. The van der Waals surface area contributed by atoms with Crippen LogP contribution in [0.25, 0.3) is 0 Å². The molecule has 0 spiro atoms. The number of hydrogen-bond donors (Lipinski definition) is 2. The SMILES string of the molecule is CC(C)(C)OC(=O)CN[C@@H]1CC[C@@H](CO)OC1. The van der Waals surface area contributed by atoms with Crippen LogP contribution in [-0.4, -0.2) is 48.6 Å². The molecular weight excluding hydrogens is 222 g/mol. The maximum absolute atomic E-state index is 11.5. The third-order valence-electron chi connectivity index (χ3n) is 2.53. The van der Waals surface area contributed by atoms with Gasteiger partial charge >= 0.3 is 5.97 Å². The molecule has 0 bridgehead atoms. The van der Waals surface area contributed by atoms with Crippen molar-refractivity contribution in [2.45, 2.75) is 51.4 Å². The summed E-state index contributed by atoms with van der Waals surface area (Å²) in [5.41, 5.74) is -0.441. The lowest BCUT2D eigenvalue weighted by molar-refractivity contribution is -0.154. The molecule has 0 aromatic heterocycles.